The number of nitrogen functional groups attached to an aromatic ring is 1. The third kappa shape index (κ3) is 2.44. The topological polar surface area (TPSA) is 71.2 Å². The minimum absolute atomic E-state index is 0.151. The molecule has 1 aliphatic rings. The van der Waals surface area contributed by atoms with E-state index in [1.807, 2.05) is 13.0 Å². The van der Waals surface area contributed by atoms with E-state index >= 15 is 0 Å². The number of hydrogen-bond donors (Lipinski definition) is 3. The lowest BCUT2D eigenvalue weighted by molar-refractivity contribution is 0.138. The molecule has 4 N–H and O–H groups in total. The van der Waals surface area contributed by atoms with Crippen LogP contribution in [0.2, 0.25) is 0 Å². The molecule has 0 spiro atoms. The fourth-order valence-electron chi connectivity index (χ4n) is 2.26. The van der Waals surface area contributed by atoms with Gasteiger partial charge in [-0.1, -0.05) is 6.42 Å². The molecule has 2 unspecified atom stereocenters. The number of nitrogens with one attached hydrogen (secondary N) is 1. The third-order valence-corrected chi connectivity index (χ3v) is 3.25. The Bertz CT molecular complexity index is 367. The summed E-state index contributed by atoms with van der Waals surface area (Å²) in [5, 5.41) is 13.0. The Morgan fingerprint density at radius 3 is 3.00 bits per heavy atom. The molecular formula is C12H19N3O. The molecule has 1 aromatic heterocycles. The summed E-state index contributed by atoms with van der Waals surface area (Å²) in [6, 6.07) is 1.90. The number of nitrogens with two attached hydrogens (primary N) is 1. The van der Waals surface area contributed by atoms with Gasteiger partial charge >= 0.3 is 0 Å². The van der Waals surface area contributed by atoms with E-state index < -0.39 is 0 Å². The summed E-state index contributed by atoms with van der Waals surface area (Å²) >= 11 is 0. The molecule has 0 bridgehead atoms. The highest BCUT2D eigenvalue weighted by atomic mass is 16.3. The van der Waals surface area contributed by atoms with Crippen molar-refractivity contribution in [2.45, 2.75) is 32.3 Å². The van der Waals surface area contributed by atoms with Gasteiger partial charge in [0.2, 0.25) is 0 Å². The van der Waals surface area contributed by atoms with Crippen molar-refractivity contribution < 1.29 is 5.11 Å². The number of hydrogen-bond acceptors (Lipinski definition) is 4. The second-order valence-electron chi connectivity index (χ2n) is 4.57. The summed E-state index contributed by atoms with van der Waals surface area (Å²) in [4.78, 5) is 4.25. The Balaban J connectivity index is 1.94. The first kappa shape index (κ1) is 11.2. The van der Waals surface area contributed by atoms with Crippen LogP contribution < -0.4 is 11.1 Å². The average molecular weight is 221 g/mol. The van der Waals surface area contributed by atoms with E-state index in [0.29, 0.717) is 11.6 Å². The number of aliphatic hydroxyl groups is 1. The van der Waals surface area contributed by atoms with Gasteiger partial charge in [0.05, 0.1) is 18.0 Å². The molecule has 0 aliphatic heterocycles. The maximum Gasteiger partial charge on any atom is 0.129 e. The largest absolute Gasteiger partial charge is 0.397 e. The monoisotopic (exact) mass is 221 g/mol. The first-order valence-corrected chi connectivity index (χ1v) is 5.81. The Morgan fingerprint density at radius 2 is 2.38 bits per heavy atom. The van der Waals surface area contributed by atoms with Crippen molar-refractivity contribution in [3.8, 4) is 0 Å². The van der Waals surface area contributed by atoms with Crippen LogP contribution in [-0.4, -0.2) is 22.7 Å². The van der Waals surface area contributed by atoms with Gasteiger partial charge in [-0.25, -0.2) is 4.98 Å². The smallest absolute Gasteiger partial charge is 0.129 e. The lowest BCUT2D eigenvalue weighted by Crippen LogP contribution is -2.22. The maximum atomic E-state index is 9.70. The van der Waals surface area contributed by atoms with Gasteiger partial charge in [-0.3, -0.25) is 0 Å². The summed E-state index contributed by atoms with van der Waals surface area (Å²) in [6.45, 7) is 2.77. The molecule has 0 amide bonds. The standard InChI is InChI=1S/C12H19N3O/c1-8-5-10(13)7-15-12(8)14-6-9-3-2-4-11(9)16/h5,7,9,11,16H,2-4,6,13H2,1H3,(H,14,15). The van der Waals surface area contributed by atoms with E-state index in [-0.39, 0.29) is 6.10 Å². The highest BCUT2D eigenvalue weighted by Crippen LogP contribution is 2.26. The summed E-state index contributed by atoms with van der Waals surface area (Å²) in [5.41, 5.74) is 7.37. The Morgan fingerprint density at radius 1 is 1.56 bits per heavy atom. The molecule has 0 aromatic carbocycles. The van der Waals surface area contributed by atoms with Crippen LogP contribution in [0.3, 0.4) is 0 Å². The van der Waals surface area contributed by atoms with Crippen molar-refractivity contribution in [3.63, 3.8) is 0 Å². The SMILES string of the molecule is Cc1cc(N)cnc1NCC1CCCC1O. The van der Waals surface area contributed by atoms with Crippen molar-refractivity contribution in [1.29, 1.82) is 0 Å². The quantitative estimate of drug-likeness (QED) is 0.724. The predicted octanol–water partition coefficient (Wildman–Crippen LogP) is 1.55. The molecule has 0 radical (unpaired) electrons. The zero-order valence-corrected chi connectivity index (χ0v) is 9.61. The number of nitrogens with zero attached hydrogens (tertiary/aromatic N) is 1. The van der Waals surface area contributed by atoms with Crippen LogP contribution >= 0.6 is 0 Å². The van der Waals surface area contributed by atoms with Crippen molar-refractivity contribution in [2.24, 2.45) is 5.92 Å². The fourth-order valence-corrected chi connectivity index (χ4v) is 2.26. The number of anilines is 2. The molecule has 1 aliphatic carbocycles. The van der Waals surface area contributed by atoms with E-state index in [2.05, 4.69) is 10.3 Å². The molecule has 1 saturated carbocycles. The highest BCUT2D eigenvalue weighted by Gasteiger charge is 2.24. The molecule has 1 heterocycles. The Kier molecular flexibility index (Phi) is 3.29. The molecule has 1 aromatic rings. The van der Waals surface area contributed by atoms with E-state index in [1.54, 1.807) is 6.20 Å². The van der Waals surface area contributed by atoms with Crippen molar-refractivity contribution >= 4 is 11.5 Å². The number of pyridine rings is 1. The van der Waals surface area contributed by atoms with Gasteiger partial charge in [-0.05, 0) is 31.4 Å². The molecule has 1 fully saturated rings. The van der Waals surface area contributed by atoms with Crippen LogP contribution in [0.15, 0.2) is 12.3 Å². The minimum Gasteiger partial charge on any atom is -0.397 e. The molecular weight excluding hydrogens is 202 g/mol. The first-order chi connectivity index (χ1) is 7.66. The van der Waals surface area contributed by atoms with Gasteiger partial charge in [0, 0.05) is 12.5 Å². The molecule has 16 heavy (non-hydrogen) atoms. The van der Waals surface area contributed by atoms with Gasteiger partial charge in [0.25, 0.3) is 0 Å². The summed E-state index contributed by atoms with van der Waals surface area (Å²) in [5.74, 6) is 1.23. The van der Waals surface area contributed by atoms with Gasteiger partial charge < -0.3 is 16.2 Å². The van der Waals surface area contributed by atoms with E-state index in [1.165, 1.54) is 0 Å². The van der Waals surface area contributed by atoms with Gasteiger partial charge in [-0.2, -0.15) is 0 Å². The second-order valence-corrected chi connectivity index (χ2v) is 4.57. The minimum atomic E-state index is -0.151. The zero-order chi connectivity index (χ0) is 11.5. The van der Waals surface area contributed by atoms with E-state index in [4.69, 9.17) is 5.73 Å². The van der Waals surface area contributed by atoms with Gasteiger partial charge in [-0.15, -0.1) is 0 Å². The zero-order valence-electron chi connectivity index (χ0n) is 9.61. The summed E-state index contributed by atoms with van der Waals surface area (Å²) in [7, 11) is 0. The van der Waals surface area contributed by atoms with Crippen molar-refractivity contribution in [3.05, 3.63) is 17.8 Å². The molecule has 4 heteroatoms. The van der Waals surface area contributed by atoms with Crippen LogP contribution in [0.25, 0.3) is 0 Å². The predicted molar refractivity (Wildman–Crippen MR) is 65.2 cm³/mol. The lowest BCUT2D eigenvalue weighted by atomic mass is 10.1. The molecule has 88 valence electrons. The summed E-state index contributed by atoms with van der Waals surface area (Å²) < 4.78 is 0. The molecule has 2 rings (SSSR count). The number of rotatable bonds is 3. The lowest BCUT2D eigenvalue weighted by Gasteiger charge is -2.16. The number of aryl methyl sites for hydroxylation is 1. The average Bonchev–Trinajstić information content (AvgIpc) is 2.63. The molecule has 0 saturated heterocycles. The summed E-state index contributed by atoms with van der Waals surface area (Å²) in [6.07, 6.45) is 4.66. The Hall–Kier alpha value is -1.29. The van der Waals surface area contributed by atoms with Crippen LogP contribution in [-0.2, 0) is 0 Å². The maximum absolute atomic E-state index is 9.70. The van der Waals surface area contributed by atoms with Gasteiger partial charge in [0.15, 0.2) is 0 Å². The van der Waals surface area contributed by atoms with Crippen LogP contribution in [0.1, 0.15) is 24.8 Å². The van der Waals surface area contributed by atoms with Crippen LogP contribution in [0, 0.1) is 12.8 Å². The fraction of sp³-hybridized carbons (Fsp3) is 0.583. The van der Waals surface area contributed by atoms with Gasteiger partial charge in [0.1, 0.15) is 5.82 Å². The third-order valence-electron chi connectivity index (χ3n) is 3.25. The Labute approximate surface area is 95.9 Å². The molecule has 4 nitrogen and oxygen atoms in total. The number of aromatic nitrogens is 1. The molecule has 2 atom stereocenters. The second kappa shape index (κ2) is 4.70. The van der Waals surface area contributed by atoms with E-state index in [9.17, 15) is 5.11 Å². The van der Waals surface area contributed by atoms with Crippen molar-refractivity contribution in [1.82, 2.24) is 4.98 Å². The normalized spacial score (nSPS) is 24.6. The van der Waals surface area contributed by atoms with Crippen LogP contribution in [0.5, 0.6) is 0 Å². The number of aliphatic hydroxyl groups excluding tert-OH is 1. The van der Waals surface area contributed by atoms with Crippen molar-refractivity contribution in [2.75, 3.05) is 17.6 Å². The highest BCUT2D eigenvalue weighted by molar-refractivity contribution is 5.50. The van der Waals surface area contributed by atoms with Crippen LogP contribution in [0.4, 0.5) is 11.5 Å². The van der Waals surface area contributed by atoms with E-state index in [0.717, 1.165) is 37.2 Å². The first-order valence-electron chi connectivity index (χ1n) is 5.81.